The number of halogens is 1. The van der Waals surface area contributed by atoms with E-state index in [4.69, 9.17) is 16.3 Å². The van der Waals surface area contributed by atoms with E-state index in [1.54, 1.807) is 11.8 Å². The summed E-state index contributed by atoms with van der Waals surface area (Å²) in [6, 6.07) is 0.320. The molecule has 44 valence electrons. The summed E-state index contributed by atoms with van der Waals surface area (Å²) in [6.07, 6.45) is 2.04. The predicted molar refractivity (Wildman–Crippen MR) is 35.1 cm³/mol. The molecular weight excluding hydrogens is 132 g/mol. The van der Waals surface area contributed by atoms with Gasteiger partial charge in [-0.25, -0.2) is 0 Å². The summed E-state index contributed by atoms with van der Waals surface area (Å²) in [6.45, 7) is 0.769. The van der Waals surface area contributed by atoms with E-state index in [1.807, 2.05) is 6.26 Å². The van der Waals surface area contributed by atoms with Crippen LogP contribution in [0.5, 0.6) is 0 Å². The molecule has 0 bridgehead atoms. The quantitative estimate of drug-likeness (QED) is 0.433. The average Bonchev–Trinajstić information content (AvgIpc) is 1.69. The van der Waals surface area contributed by atoms with Crippen molar-refractivity contribution in [1.29, 1.82) is 0 Å². The van der Waals surface area contributed by atoms with Gasteiger partial charge in [-0.2, -0.15) is 11.8 Å². The maximum absolute atomic E-state index is 5.21. The molecule has 0 saturated heterocycles. The molecule has 0 aromatic heterocycles. The van der Waals surface area contributed by atoms with Crippen LogP contribution in [0.15, 0.2) is 0 Å². The van der Waals surface area contributed by atoms with Crippen molar-refractivity contribution in [3.05, 3.63) is 0 Å². The van der Waals surface area contributed by atoms with Gasteiger partial charge in [0.2, 0.25) is 0 Å². The van der Waals surface area contributed by atoms with E-state index in [2.05, 4.69) is 0 Å². The first kappa shape index (κ1) is 7.60. The van der Waals surface area contributed by atoms with Crippen LogP contribution in [0.1, 0.15) is 0 Å². The summed E-state index contributed by atoms with van der Waals surface area (Å²) in [5, 5.41) is 0. The van der Waals surface area contributed by atoms with Gasteiger partial charge in [-0.05, 0) is 6.26 Å². The maximum atomic E-state index is 5.21. The standard InChI is InChI=1S/C4H9ClOS/c1-7-3-2-6-4-5/h2-4H2,1H3. The molecule has 0 N–H and O–H groups in total. The number of thioether (sulfide) groups is 1. The molecule has 0 amide bonds. The number of hydrogen-bond acceptors (Lipinski definition) is 2. The molecule has 0 rings (SSSR count). The molecule has 0 radical (unpaired) electrons. The van der Waals surface area contributed by atoms with Crippen molar-refractivity contribution in [1.82, 2.24) is 0 Å². The predicted octanol–water partition coefficient (Wildman–Crippen LogP) is 1.56. The second-order valence-corrected chi connectivity index (χ2v) is 2.21. The Kier molecular flexibility index (Phi) is 7.17. The molecule has 0 saturated carbocycles. The topological polar surface area (TPSA) is 9.23 Å². The Morgan fingerprint density at radius 3 is 2.86 bits per heavy atom. The van der Waals surface area contributed by atoms with Gasteiger partial charge < -0.3 is 4.74 Å². The summed E-state index contributed by atoms with van der Waals surface area (Å²) in [4.78, 5) is 0. The molecule has 3 heteroatoms. The third-order valence-electron chi connectivity index (χ3n) is 0.509. The van der Waals surface area contributed by atoms with Crippen molar-refractivity contribution in [3.63, 3.8) is 0 Å². The molecule has 0 aliphatic carbocycles. The average molecular weight is 141 g/mol. The number of rotatable bonds is 4. The summed E-state index contributed by atoms with van der Waals surface area (Å²) < 4.78 is 4.82. The van der Waals surface area contributed by atoms with Crippen molar-refractivity contribution < 1.29 is 4.74 Å². The van der Waals surface area contributed by atoms with Crippen LogP contribution < -0.4 is 0 Å². The first-order valence-corrected chi connectivity index (χ1v) is 3.97. The van der Waals surface area contributed by atoms with Gasteiger partial charge in [0.15, 0.2) is 0 Å². The molecule has 0 atom stereocenters. The highest BCUT2D eigenvalue weighted by molar-refractivity contribution is 7.98. The van der Waals surface area contributed by atoms with Crippen LogP contribution in [0, 0.1) is 0 Å². The van der Waals surface area contributed by atoms with E-state index >= 15 is 0 Å². The normalized spacial score (nSPS) is 9.43. The second kappa shape index (κ2) is 6.60. The monoisotopic (exact) mass is 140 g/mol. The van der Waals surface area contributed by atoms with Crippen LogP contribution in [0.2, 0.25) is 0 Å². The zero-order valence-corrected chi connectivity index (χ0v) is 5.89. The van der Waals surface area contributed by atoms with E-state index in [-0.39, 0.29) is 0 Å². The minimum atomic E-state index is 0.320. The Morgan fingerprint density at radius 1 is 1.71 bits per heavy atom. The Balaban J connectivity index is 2.45. The Hall–Kier alpha value is 0.600. The molecule has 0 aliphatic heterocycles. The van der Waals surface area contributed by atoms with Gasteiger partial charge in [-0.15, -0.1) is 0 Å². The van der Waals surface area contributed by atoms with Gasteiger partial charge >= 0.3 is 0 Å². The van der Waals surface area contributed by atoms with Gasteiger partial charge in [0.25, 0.3) is 0 Å². The lowest BCUT2D eigenvalue weighted by Gasteiger charge is -1.93. The molecule has 0 unspecified atom stereocenters. The molecular formula is C4H9ClOS. The summed E-state index contributed by atoms with van der Waals surface area (Å²) in [7, 11) is 0. The van der Waals surface area contributed by atoms with Gasteiger partial charge in [0, 0.05) is 5.75 Å². The highest BCUT2D eigenvalue weighted by Crippen LogP contribution is 1.90. The van der Waals surface area contributed by atoms with Crippen molar-refractivity contribution in [2.75, 3.05) is 24.7 Å². The third kappa shape index (κ3) is 6.60. The van der Waals surface area contributed by atoms with E-state index < -0.39 is 0 Å². The van der Waals surface area contributed by atoms with Gasteiger partial charge in [0.05, 0.1) is 6.61 Å². The SMILES string of the molecule is CSCCOCCl. The van der Waals surface area contributed by atoms with Crippen LogP contribution in [0.4, 0.5) is 0 Å². The molecule has 0 aliphatic rings. The van der Waals surface area contributed by atoms with Gasteiger partial charge in [-0.3, -0.25) is 0 Å². The minimum Gasteiger partial charge on any atom is -0.365 e. The van der Waals surface area contributed by atoms with Crippen LogP contribution in [-0.4, -0.2) is 24.7 Å². The summed E-state index contributed by atoms with van der Waals surface area (Å²) in [5.74, 6) is 1.03. The molecule has 0 aromatic rings. The smallest absolute Gasteiger partial charge is 0.120 e. The van der Waals surface area contributed by atoms with Crippen LogP contribution in [0.25, 0.3) is 0 Å². The fraction of sp³-hybridized carbons (Fsp3) is 1.00. The highest BCUT2D eigenvalue weighted by Gasteiger charge is 1.79. The van der Waals surface area contributed by atoms with E-state index in [1.165, 1.54) is 0 Å². The highest BCUT2D eigenvalue weighted by atomic mass is 35.5. The summed E-state index contributed by atoms with van der Waals surface area (Å²) >= 11 is 6.96. The summed E-state index contributed by atoms with van der Waals surface area (Å²) in [5.41, 5.74) is 0. The van der Waals surface area contributed by atoms with E-state index in [9.17, 15) is 0 Å². The Morgan fingerprint density at radius 2 is 2.43 bits per heavy atom. The van der Waals surface area contributed by atoms with Crippen molar-refractivity contribution in [2.45, 2.75) is 0 Å². The first-order valence-electron chi connectivity index (χ1n) is 2.04. The second-order valence-electron chi connectivity index (χ2n) is 1.01. The van der Waals surface area contributed by atoms with Crippen molar-refractivity contribution in [2.24, 2.45) is 0 Å². The Bertz CT molecular complexity index is 30.9. The van der Waals surface area contributed by atoms with Crippen molar-refractivity contribution >= 4 is 23.4 Å². The Labute approximate surface area is 53.4 Å². The van der Waals surface area contributed by atoms with Crippen LogP contribution >= 0.6 is 23.4 Å². The van der Waals surface area contributed by atoms with E-state index in [0.717, 1.165) is 12.4 Å². The largest absolute Gasteiger partial charge is 0.365 e. The molecule has 0 fully saturated rings. The van der Waals surface area contributed by atoms with Crippen LogP contribution in [-0.2, 0) is 4.74 Å². The maximum Gasteiger partial charge on any atom is 0.120 e. The van der Waals surface area contributed by atoms with Gasteiger partial charge in [0.1, 0.15) is 6.07 Å². The first-order chi connectivity index (χ1) is 3.41. The molecule has 0 aromatic carbocycles. The molecule has 7 heavy (non-hydrogen) atoms. The minimum absolute atomic E-state index is 0.320. The lowest BCUT2D eigenvalue weighted by molar-refractivity contribution is 0.198. The van der Waals surface area contributed by atoms with Crippen LogP contribution in [0.3, 0.4) is 0 Å². The van der Waals surface area contributed by atoms with E-state index in [0.29, 0.717) is 6.07 Å². The molecule has 1 nitrogen and oxygen atoms in total. The number of hydrogen-bond donors (Lipinski definition) is 0. The van der Waals surface area contributed by atoms with Crippen molar-refractivity contribution in [3.8, 4) is 0 Å². The number of alkyl halides is 1. The van der Waals surface area contributed by atoms with Gasteiger partial charge in [-0.1, -0.05) is 11.6 Å². The number of ether oxygens (including phenoxy) is 1. The fourth-order valence-corrected chi connectivity index (χ4v) is 0.590. The fourth-order valence-electron chi connectivity index (χ4n) is 0.197. The zero-order valence-electron chi connectivity index (χ0n) is 4.32. The molecule has 0 heterocycles. The molecule has 0 spiro atoms. The third-order valence-corrected chi connectivity index (χ3v) is 1.24. The zero-order chi connectivity index (χ0) is 5.54. The lowest BCUT2D eigenvalue weighted by Crippen LogP contribution is -1.92. The lowest BCUT2D eigenvalue weighted by atomic mass is 10.9.